The quantitative estimate of drug-likeness (QED) is 0.376. The molecule has 2 N–H and O–H groups in total. The summed E-state index contributed by atoms with van der Waals surface area (Å²) in [6, 6.07) is 0. The Morgan fingerprint density at radius 1 is 1.50 bits per heavy atom. The second-order valence-corrected chi connectivity index (χ2v) is 5.01. The number of carboxylic acids is 1. The van der Waals surface area contributed by atoms with E-state index in [4.69, 9.17) is 5.11 Å². The van der Waals surface area contributed by atoms with Gasteiger partial charge in [-0.05, 0) is 6.92 Å². The van der Waals surface area contributed by atoms with Gasteiger partial charge in [-0.2, -0.15) is 0 Å². The number of hydrogen-bond donors (Lipinski definition) is 2. The first-order valence-corrected chi connectivity index (χ1v) is 5.68. The maximum Gasteiger partial charge on any atom is 0.303 e. The van der Waals surface area contributed by atoms with Gasteiger partial charge in [0.05, 0.1) is 27.1 Å². The van der Waals surface area contributed by atoms with Crippen molar-refractivity contribution in [3.05, 3.63) is 12.2 Å². The summed E-state index contributed by atoms with van der Waals surface area (Å²) in [4.78, 5) is 10.4. The van der Waals surface area contributed by atoms with Gasteiger partial charge in [0, 0.05) is 19.9 Å². The summed E-state index contributed by atoms with van der Waals surface area (Å²) in [5.74, 6) is -0.720. The monoisotopic (exact) mass is 229 g/mol. The molecule has 0 radical (unpaired) electrons. The third-order valence-corrected chi connectivity index (χ3v) is 2.87. The summed E-state index contributed by atoms with van der Waals surface area (Å²) >= 11 is 0. The van der Waals surface area contributed by atoms with Crippen molar-refractivity contribution in [2.24, 2.45) is 0 Å². The molecule has 0 rings (SSSR count). The van der Waals surface area contributed by atoms with Gasteiger partial charge in [-0.1, -0.05) is 12.2 Å². The van der Waals surface area contributed by atoms with E-state index in [0.29, 0.717) is 12.6 Å². The second-order valence-electron chi connectivity index (χ2n) is 5.01. The third-order valence-electron chi connectivity index (χ3n) is 2.87. The fourth-order valence-electron chi connectivity index (χ4n) is 1.40. The van der Waals surface area contributed by atoms with Crippen molar-refractivity contribution < 1.29 is 14.4 Å². The van der Waals surface area contributed by atoms with Crippen LogP contribution in [0.2, 0.25) is 0 Å². The maximum atomic E-state index is 10.4. The van der Waals surface area contributed by atoms with Gasteiger partial charge in [-0.25, -0.2) is 0 Å². The van der Waals surface area contributed by atoms with Crippen LogP contribution in [0.4, 0.5) is 0 Å². The van der Waals surface area contributed by atoms with E-state index in [1.807, 2.05) is 6.92 Å². The molecule has 16 heavy (non-hydrogen) atoms. The Bertz CT molecular complexity index is 249. The van der Waals surface area contributed by atoms with Crippen LogP contribution in [0.3, 0.4) is 0 Å². The first kappa shape index (κ1) is 15.1. The van der Waals surface area contributed by atoms with E-state index >= 15 is 0 Å². The number of aliphatic carboxylic acids is 1. The standard InChI is InChI=1S/C12H24N2O2/c1-10(2)9-13-11(3)14(4,5)8-6-7-12(15)16/h11,13H,1,6-9H2,2-5H3/p+1. The molecule has 94 valence electrons. The van der Waals surface area contributed by atoms with Gasteiger partial charge in [-0.3, -0.25) is 10.1 Å². The maximum absolute atomic E-state index is 10.4. The molecule has 4 heteroatoms. The number of carbonyl (C=O) groups is 1. The van der Waals surface area contributed by atoms with Gasteiger partial charge in [0.2, 0.25) is 0 Å². The van der Waals surface area contributed by atoms with Crippen LogP contribution in [0.15, 0.2) is 12.2 Å². The Morgan fingerprint density at radius 2 is 2.06 bits per heavy atom. The highest BCUT2D eigenvalue weighted by molar-refractivity contribution is 5.66. The lowest BCUT2D eigenvalue weighted by Crippen LogP contribution is -2.55. The highest BCUT2D eigenvalue weighted by atomic mass is 16.4. The van der Waals surface area contributed by atoms with Crippen LogP contribution < -0.4 is 5.32 Å². The number of carboxylic acid groups (broad SMARTS) is 1. The molecule has 1 atom stereocenters. The Labute approximate surface area is 98.5 Å². The van der Waals surface area contributed by atoms with Crippen molar-refractivity contribution in [1.82, 2.24) is 5.32 Å². The Balaban J connectivity index is 3.99. The van der Waals surface area contributed by atoms with Crippen LogP contribution in [-0.2, 0) is 4.79 Å². The molecule has 0 aliphatic carbocycles. The zero-order chi connectivity index (χ0) is 12.8. The van der Waals surface area contributed by atoms with Crippen molar-refractivity contribution in [2.45, 2.75) is 32.9 Å². The van der Waals surface area contributed by atoms with Gasteiger partial charge in [-0.15, -0.1) is 0 Å². The zero-order valence-electron chi connectivity index (χ0n) is 10.9. The SMILES string of the molecule is C=C(C)CNC(C)[N+](C)(C)CCCC(=O)O. The normalized spacial score (nSPS) is 13.5. The highest BCUT2D eigenvalue weighted by Crippen LogP contribution is 2.07. The molecular formula is C12H25N2O2+. The average Bonchev–Trinajstić information content (AvgIpc) is 2.12. The minimum Gasteiger partial charge on any atom is -0.481 e. The predicted molar refractivity (Wildman–Crippen MR) is 66.1 cm³/mol. The fraction of sp³-hybridized carbons (Fsp3) is 0.750. The summed E-state index contributed by atoms with van der Waals surface area (Å²) in [5, 5.41) is 12.0. The average molecular weight is 229 g/mol. The zero-order valence-corrected chi connectivity index (χ0v) is 10.9. The molecule has 0 aromatic carbocycles. The van der Waals surface area contributed by atoms with Crippen LogP contribution in [-0.4, -0.2) is 48.9 Å². The smallest absolute Gasteiger partial charge is 0.303 e. The molecule has 0 aromatic rings. The van der Waals surface area contributed by atoms with E-state index in [2.05, 4.69) is 32.9 Å². The van der Waals surface area contributed by atoms with Crippen LogP contribution in [0.1, 0.15) is 26.7 Å². The van der Waals surface area contributed by atoms with E-state index in [0.717, 1.165) is 23.1 Å². The van der Waals surface area contributed by atoms with Crippen LogP contribution in [0.5, 0.6) is 0 Å². The minimum atomic E-state index is -0.720. The molecule has 0 bridgehead atoms. The van der Waals surface area contributed by atoms with Crippen LogP contribution in [0, 0.1) is 0 Å². The largest absolute Gasteiger partial charge is 0.481 e. The Hall–Kier alpha value is -0.870. The molecule has 0 saturated carbocycles. The Morgan fingerprint density at radius 3 is 2.50 bits per heavy atom. The first-order valence-electron chi connectivity index (χ1n) is 5.68. The van der Waals surface area contributed by atoms with Crippen LogP contribution in [0.25, 0.3) is 0 Å². The van der Waals surface area contributed by atoms with Gasteiger partial charge in [0.1, 0.15) is 6.17 Å². The predicted octanol–water partition coefficient (Wildman–Crippen LogP) is 1.44. The molecule has 0 fully saturated rings. The van der Waals surface area contributed by atoms with E-state index in [1.54, 1.807) is 0 Å². The fourth-order valence-corrected chi connectivity index (χ4v) is 1.40. The molecular weight excluding hydrogens is 204 g/mol. The summed E-state index contributed by atoms with van der Waals surface area (Å²) in [7, 11) is 4.22. The second kappa shape index (κ2) is 6.66. The molecule has 0 spiro atoms. The van der Waals surface area contributed by atoms with Crippen molar-refractivity contribution in [1.29, 1.82) is 0 Å². The van der Waals surface area contributed by atoms with Gasteiger partial charge in [0.25, 0.3) is 0 Å². The summed E-state index contributed by atoms with van der Waals surface area (Å²) < 4.78 is 0.778. The van der Waals surface area contributed by atoms with Crippen LogP contribution >= 0.6 is 0 Å². The number of rotatable bonds is 8. The van der Waals surface area contributed by atoms with Gasteiger partial charge < -0.3 is 9.59 Å². The lowest BCUT2D eigenvalue weighted by atomic mass is 10.2. The number of hydrogen-bond acceptors (Lipinski definition) is 2. The summed E-state index contributed by atoms with van der Waals surface area (Å²) in [6.45, 7) is 9.62. The van der Waals surface area contributed by atoms with Crippen molar-refractivity contribution in [3.63, 3.8) is 0 Å². The minimum absolute atomic E-state index is 0.245. The van der Waals surface area contributed by atoms with Crippen molar-refractivity contribution in [2.75, 3.05) is 27.2 Å². The van der Waals surface area contributed by atoms with Crippen molar-refractivity contribution >= 4 is 5.97 Å². The van der Waals surface area contributed by atoms with Crippen molar-refractivity contribution in [3.8, 4) is 0 Å². The molecule has 0 heterocycles. The third kappa shape index (κ3) is 6.58. The molecule has 0 aromatic heterocycles. The van der Waals surface area contributed by atoms with Gasteiger partial charge in [0.15, 0.2) is 0 Å². The van der Waals surface area contributed by atoms with E-state index in [1.165, 1.54) is 0 Å². The van der Waals surface area contributed by atoms with E-state index in [-0.39, 0.29) is 6.42 Å². The van der Waals surface area contributed by atoms with E-state index < -0.39 is 5.97 Å². The van der Waals surface area contributed by atoms with Gasteiger partial charge >= 0.3 is 5.97 Å². The first-order chi connectivity index (χ1) is 7.25. The lowest BCUT2D eigenvalue weighted by Gasteiger charge is -2.36. The number of quaternary nitrogens is 1. The molecule has 4 nitrogen and oxygen atoms in total. The molecule has 0 amide bonds. The molecule has 0 aliphatic rings. The highest BCUT2D eigenvalue weighted by Gasteiger charge is 2.22. The number of nitrogens with zero attached hydrogens (tertiary/aromatic N) is 1. The summed E-state index contributed by atoms with van der Waals surface area (Å²) in [6.07, 6.45) is 1.25. The lowest BCUT2D eigenvalue weighted by molar-refractivity contribution is -0.916. The number of nitrogens with one attached hydrogen (secondary N) is 1. The molecule has 0 aliphatic heterocycles. The molecule has 1 unspecified atom stereocenters. The van der Waals surface area contributed by atoms with E-state index in [9.17, 15) is 4.79 Å². The molecule has 0 saturated heterocycles. The summed E-state index contributed by atoms with van der Waals surface area (Å²) in [5.41, 5.74) is 1.11. The Kier molecular flexibility index (Phi) is 6.29. The topological polar surface area (TPSA) is 49.3 Å².